The molecule has 0 amide bonds. The number of benzene rings is 2. The molecule has 206 valence electrons. The van der Waals surface area contributed by atoms with Gasteiger partial charge in [0.1, 0.15) is 5.69 Å². The van der Waals surface area contributed by atoms with Crippen LogP contribution in [-0.4, -0.2) is 39.1 Å². The third kappa shape index (κ3) is 5.80. The summed E-state index contributed by atoms with van der Waals surface area (Å²) in [5.74, 6) is 0. The highest BCUT2D eigenvalue weighted by Crippen LogP contribution is 2.34. The van der Waals surface area contributed by atoms with Crippen LogP contribution in [0.1, 0.15) is 22.4 Å². The largest absolute Gasteiger partial charge is 0.433 e. The molecule has 0 saturated heterocycles. The van der Waals surface area contributed by atoms with E-state index in [0.717, 1.165) is 38.8 Å². The van der Waals surface area contributed by atoms with E-state index in [1.807, 2.05) is 37.3 Å². The van der Waals surface area contributed by atoms with Gasteiger partial charge in [-0.05, 0) is 41.3 Å². The van der Waals surface area contributed by atoms with Crippen LogP contribution in [0.15, 0.2) is 77.9 Å². The molecule has 3 aromatic heterocycles. The Balaban J connectivity index is 1.64. The van der Waals surface area contributed by atoms with Gasteiger partial charge < -0.3 is 0 Å². The van der Waals surface area contributed by atoms with E-state index in [-0.39, 0.29) is 18.7 Å². The number of alkyl halides is 3. The van der Waals surface area contributed by atoms with Crippen LogP contribution in [0.2, 0.25) is 0 Å². The smallest absolute Gasteiger partial charge is 0.251 e. The van der Waals surface area contributed by atoms with E-state index >= 15 is 0 Å². The Morgan fingerprint density at radius 1 is 0.950 bits per heavy atom. The molecular formula is C27H23F3N6O3S. The van der Waals surface area contributed by atoms with Crippen molar-refractivity contribution in [2.75, 3.05) is 6.26 Å². The first kappa shape index (κ1) is 27.2. The number of hydrogen-bond acceptors (Lipinski definition) is 6. The molecule has 0 atom stereocenters. The number of fused-ring (bicyclic) bond motifs is 1. The lowest BCUT2D eigenvalue weighted by atomic mass is 9.95. The number of pyridine rings is 1. The number of nitrogens with zero attached hydrogens (tertiary/aromatic N) is 5. The summed E-state index contributed by atoms with van der Waals surface area (Å²) in [5.41, 5.74) is 3.48. The average Bonchev–Trinajstić information content (AvgIpc) is 3.22. The first-order valence-corrected chi connectivity index (χ1v) is 13.9. The Hall–Kier alpha value is -4.36. The summed E-state index contributed by atoms with van der Waals surface area (Å²) in [6, 6.07) is 17.0. The van der Waals surface area contributed by atoms with Crippen molar-refractivity contribution in [2.45, 2.75) is 26.2 Å². The van der Waals surface area contributed by atoms with Gasteiger partial charge in [-0.3, -0.25) is 4.98 Å². The van der Waals surface area contributed by atoms with Crippen LogP contribution in [0.3, 0.4) is 0 Å². The zero-order valence-corrected chi connectivity index (χ0v) is 22.2. The van der Waals surface area contributed by atoms with Gasteiger partial charge in [0.2, 0.25) is 10.0 Å². The maximum Gasteiger partial charge on any atom is 0.433 e. The quantitative estimate of drug-likeness (QED) is 0.317. The van der Waals surface area contributed by atoms with Crippen LogP contribution in [0, 0.1) is 6.92 Å². The second kappa shape index (κ2) is 10.3. The minimum absolute atomic E-state index is 0.0656. The number of sulfonamides is 1. The van der Waals surface area contributed by atoms with Gasteiger partial charge in [-0.15, -0.1) is 5.10 Å². The fraction of sp³-hybridized carbons (Fsp3) is 0.185. The molecule has 5 rings (SSSR count). The number of halogens is 3. The SMILES string of the molecule is Cc1ccc(-c2cnn3c(=O)n(Cc4ccc(C(F)(F)F)nc4)nc3c2-c2cccc(CNS(C)(=O)=O)c2)cc1. The Labute approximate surface area is 227 Å². The molecule has 0 bridgehead atoms. The number of rotatable bonds is 7. The standard InChI is InChI=1S/C27H23F3N6O3S/c1-17-6-9-20(10-7-17)22-15-32-36-25(24(22)21-5-3-4-18(12-21)14-33-40(2,38)39)34-35(26(36)37)16-19-8-11-23(31-13-19)27(28,29)30/h3-13,15,33H,14,16H2,1-2H3. The molecule has 0 radical (unpaired) electrons. The number of hydrogen-bond donors (Lipinski definition) is 1. The molecule has 40 heavy (non-hydrogen) atoms. The highest BCUT2D eigenvalue weighted by atomic mass is 32.2. The molecule has 3 heterocycles. The van der Waals surface area contributed by atoms with Crippen LogP contribution in [0.4, 0.5) is 13.2 Å². The normalized spacial score (nSPS) is 12.2. The van der Waals surface area contributed by atoms with E-state index in [0.29, 0.717) is 27.8 Å². The van der Waals surface area contributed by atoms with Crippen LogP contribution >= 0.6 is 0 Å². The molecule has 2 aromatic carbocycles. The van der Waals surface area contributed by atoms with Crippen LogP contribution in [-0.2, 0) is 29.3 Å². The summed E-state index contributed by atoms with van der Waals surface area (Å²) in [6.45, 7) is 1.91. The van der Waals surface area contributed by atoms with Crippen molar-refractivity contribution in [2.24, 2.45) is 0 Å². The first-order chi connectivity index (χ1) is 18.9. The minimum Gasteiger partial charge on any atom is -0.251 e. The van der Waals surface area contributed by atoms with Crippen LogP contribution < -0.4 is 10.4 Å². The summed E-state index contributed by atoms with van der Waals surface area (Å²) in [4.78, 5) is 16.7. The van der Waals surface area contributed by atoms with E-state index in [4.69, 9.17) is 0 Å². The van der Waals surface area contributed by atoms with Crippen molar-refractivity contribution in [3.05, 3.63) is 106 Å². The molecule has 0 unspecified atom stereocenters. The van der Waals surface area contributed by atoms with E-state index in [9.17, 15) is 26.4 Å². The van der Waals surface area contributed by atoms with Crippen molar-refractivity contribution < 1.29 is 21.6 Å². The number of aryl methyl sites for hydroxylation is 1. The summed E-state index contributed by atoms with van der Waals surface area (Å²) in [6.07, 6.45) is -0.885. The van der Waals surface area contributed by atoms with Crippen molar-refractivity contribution >= 4 is 15.7 Å². The van der Waals surface area contributed by atoms with E-state index in [2.05, 4.69) is 19.9 Å². The molecule has 0 spiro atoms. The third-order valence-corrected chi connectivity index (χ3v) is 6.85. The lowest BCUT2D eigenvalue weighted by molar-refractivity contribution is -0.141. The van der Waals surface area contributed by atoms with Crippen LogP contribution in [0.5, 0.6) is 0 Å². The molecule has 5 aromatic rings. The van der Waals surface area contributed by atoms with Gasteiger partial charge >= 0.3 is 11.9 Å². The summed E-state index contributed by atoms with van der Waals surface area (Å²) in [5, 5.41) is 8.85. The molecule has 0 fully saturated rings. The Bertz CT molecular complexity index is 1860. The summed E-state index contributed by atoms with van der Waals surface area (Å²) >= 11 is 0. The maximum absolute atomic E-state index is 13.2. The molecular weight excluding hydrogens is 545 g/mol. The summed E-state index contributed by atoms with van der Waals surface area (Å²) < 4.78 is 66.7. The molecule has 0 aliphatic heterocycles. The van der Waals surface area contributed by atoms with Gasteiger partial charge in [0.15, 0.2) is 5.65 Å². The van der Waals surface area contributed by atoms with Gasteiger partial charge in [-0.2, -0.15) is 22.8 Å². The first-order valence-electron chi connectivity index (χ1n) is 12.0. The fourth-order valence-electron chi connectivity index (χ4n) is 4.21. The van der Waals surface area contributed by atoms with E-state index in [1.54, 1.807) is 24.4 Å². The van der Waals surface area contributed by atoms with Gasteiger partial charge in [0, 0.05) is 23.9 Å². The number of nitrogens with one attached hydrogen (secondary N) is 1. The fourth-order valence-corrected chi connectivity index (χ4v) is 4.64. The van der Waals surface area contributed by atoms with Crippen molar-refractivity contribution in [3.63, 3.8) is 0 Å². The monoisotopic (exact) mass is 568 g/mol. The lowest BCUT2D eigenvalue weighted by Crippen LogP contribution is -2.23. The molecule has 0 aliphatic carbocycles. The second-order valence-corrected chi connectivity index (χ2v) is 11.2. The predicted octanol–water partition coefficient (Wildman–Crippen LogP) is 4.04. The molecule has 0 saturated carbocycles. The van der Waals surface area contributed by atoms with E-state index < -0.39 is 27.6 Å². The molecule has 9 nitrogen and oxygen atoms in total. The minimum atomic E-state index is -4.57. The van der Waals surface area contributed by atoms with Crippen molar-refractivity contribution in [1.82, 2.24) is 29.1 Å². The molecule has 0 aliphatic rings. The van der Waals surface area contributed by atoms with Gasteiger partial charge in [0.25, 0.3) is 0 Å². The van der Waals surface area contributed by atoms with Crippen molar-refractivity contribution in [3.8, 4) is 22.3 Å². The zero-order valence-electron chi connectivity index (χ0n) is 21.3. The third-order valence-electron chi connectivity index (χ3n) is 6.18. The second-order valence-electron chi connectivity index (χ2n) is 9.32. The number of aromatic nitrogens is 5. The van der Waals surface area contributed by atoms with Crippen molar-refractivity contribution in [1.29, 1.82) is 0 Å². The molecule has 1 N–H and O–H groups in total. The predicted molar refractivity (Wildman–Crippen MR) is 143 cm³/mol. The Morgan fingerprint density at radius 2 is 1.70 bits per heavy atom. The summed E-state index contributed by atoms with van der Waals surface area (Å²) in [7, 11) is -3.42. The molecule has 13 heteroatoms. The van der Waals surface area contributed by atoms with E-state index in [1.165, 1.54) is 6.07 Å². The van der Waals surface area contributed by atoms with Gasteiger partial charge in [-0.1, -0.05) is 54.1 Å². The average molecular weight is 569 g/mol. The topological polar surface area (TPSA) is 111 Å². The Morgan fingerprint density at radius 3 is 2.35 bits per heavy atom. The lowest BCUT2D eigenvalue weighted by Gasteiger charge is -2.12. The highest BCUT2D eigenvalue weighted by molar-refractivity contribution is 7.88. The van der Waals surface area contributed by atoms with Crippen LogP contribution in [0.25, 0.3) is 27.9 Å². The highest BCUT2D eigenvalue weighted by Gasteiger charge is 2.32. The van der Waals surface area contributed by atoms with Gasteiger partial charge in [0.05, 0.1) is 19.0 Å². The van der Waals surface area contributed by atoms with Gasteiger partial charge in [-0.25, -0.2) is 22.6 Å². The Kier molecular flexibility index (Phi) is 7.02. The maximum atomic E-state index is 13.2. The zero-order chi connectivity index (χ0) is 28.7.